The van der Waals surface area contributed by atoms with Crippen molar-refractivity contribution in [1.82, 2.24) is 14.7 Å². The molecule has 2 rings (SSSR count). The van der Waals surface area contributed by atoms with Gasteiger partial charge in [-0.1, -0.05) is 17.7 Å². The topological polar surface area (TPSA) is 116 Å². The number of nitrogens with one attached hydrogen (secondary N) is 1. The van der Waals surface area contributed by atoms with Crippen molar-refractivity contribution < 1.29 is 19.1 Å². The van der Waals surface area contributed by atoms with E-state index in [-0.39, 0.29) is 5.15 Å². The van der Waals surface area contributed by atoms with Crippen molar-refractivity contribution in [3.05, 3.63) is 41.3 Å². The molecule has 0 aliphatic heterocycles. The molecule has 9 heteroatoms. The Bertz CT molecular complexity index is 799. The number of carbonyl (C=O) groups excluding carboxylic acids is 3. The predicted molar refractivity (Wildman–Crippen MR) is 82.5 cm³/mol. The first-order valence-electron chi connectivity index (χ1n) is 6.50. The highest BCUT2D eigenvalue weighted by Crippen LogP contribution is 2.18. The number of ether oxygens (including phenoxy) is 1. The Kier molecular flexibility index (Phi) is 4.97. The van der Waals surface area contributed by atoms with Gasteiger partial charge >= 0.3 is 12.0 Å². The van der Waals surface area contributed by atoms with Crippen molar-refractivity contribution in [3.8, 4) is 0 Å². The average Bonchev–Trinajstić information content (AvgIpc) is 2.79. The summed E-state index contributed by atoms with van der Waals surface area (Å²) >= 11 is 6.01. The highest BCUT2D eigenvalue weighted by Gasteiger charge is 2.18. The molecule has 120 valence electrons. The molecule has 0 bridgehead atoms. The summed E-state index contributed by atoms with van der Waals surface area (Å²) in [6, 6.07) is 4.33. The molecule has 0 saturated heterocycles. The number of fused-ring (bicyclic) bond motifs is 1. The largest absolute Gasteiger partial charge is 0.449 e. The zero-order valence-corrected chi connectivity index (χ0v) is 12.8. The van der Waals surface area contributed by atoms with Crippen LogP contribution in [0.2, 0.25) is 5.15 Å². The molecule has 0 radical (unpaired) electrons. The summed E-state index contributed by atoms with van der Waals surface area (Å²) in [7, 11) is 0. The van der Waals surface area contributed by atoms with Gasteiger partial charge in [0, 0.05) is 12.3 Å². The maximum absolute atomic E-state index is 11.7. The smallest absolute Gasteiger partial charge is 0.331 e. The molecule has 0 fully saturated rings. The molecule has 0 unspecified atom stereocenters. The summed E-state index contributed by atoms with van der Waals surface area (Å²) in [6.07, 6.45) is 3.10. The second-order valence-electron chi connectivity index (χ2n) is 4.48. The van der Waals surface area contributed by atoms with Gasteiger partial charge in [0.2, 0.25) is 0 Å². The standard InChI is InChI=1S/C14H13ClN4O4/c1-8(13(21)18-14(16)22)23-11(20)6-5-9-12(15)17-10-4-2-3-7-19(9)10/h2-8H,1H3,(H3,16,18,21,22)/b6-5+/t8-/m0/s1. The van der Waals surface area contributed by atoms with Crippen molar-refractivity contribution in [2.45, 2.75) is 13.0 Å². The first-order chi connectivity index (χ1) is 10.9. The molecule has 0 aliphatic carbocycles. The van der Waals surface area contributed by atoms with Crippen LogP contribution in [0.5, 0.6) is 0 Å². The van der Waals surface area contributed by atoms with Gasteiger partial charge in [0.25, 0.3) is 5.91 Å². The van der Waals surface area contributed by atoms with Crippen molar-refractivity contribution in [2.75, 3.05) is 0 Å². The van der Waals surface area contributed by atoms with Gasteiger partial charge in [0.05, 0.1) is 5.69 Å². The van der Waals surface area contributed by atoms with E-state index in [0.29, 0.717) is 11.3 Å². The van der Waals surface area contributed by atoms with E-state index < -0.39 is 24.0 Å². The van der Waals surface area contributed by atoms with E-state index in [1.807, 2.05) is 5.32 Å². The van der Waals surface area contributed by atoms with Crippen LogP contribution in [0.1, 0.15) is 12.6 Å². The fourth-order valence-corrected chi connectivity index (χ4v) is 2.01. The average molecular weight is 337 g/mol. The van der Waals surface area contributed by atoms with Crippen molar-refractivity contribution >= 4 is 41.2 Å². The van der Waals surface area contributed by atoms with E-state index in [1.54, 1.807) is 28.8 Å². The van der Waals surface area contributed by atoms with Crippen LogP contribution in [0.4, 0.5) is 4.79 Å². The summed E-state index contributed by atoms with van der Waals surface area (Å²) in [5.41, 5.74) is 5.92. The lowest BCUT2D eigenvalue weighted by molar-refractivity contribution is -0.149. The molecule has 3 N–H and O–H groups in total. The number of hydrogen-bond donors (Lipinski definition) is 2. The van der Waals surface area contributed by atoms with Crippen LogP contribution in [-0.4, -0.2) is 33.4 Å². The molecule has 0 aromatic carbocycles. The third kappa shape index (κ3) is 4.07. The number of hydrogen-bond acceptors (Lipinski definition) is 5. The fraction of sp³-hybridized carbons (Fsp3) is 0.143. The summed E-state index contributed by atoms with van der Waals surface area (Å²) in [5.74, 6) is -1.59. The molecule has 1 atom stereocenters. The number of nitrogens with zero attached hydrogens (tertiary/aromatic N) is 2. The lowest BCUT2D eigenvalue weighted by Gasteiger charge is -2.10. The number of nitrogens with two attached hydrogens (primary N) is 1. The number of urea groups is 1. The number of aromatic nitrogens is 2. The quantitative estimate of drug-likeness (QED) is 0.641. The second kappa shape index (κ2) is 6.93. The lowest BCUT2D eigenvalue weighted by atomic mass is 10.3. The molecule has 3 amide bonds. The molecular weight excluding hydrogens is 324 g/mol. The van der Waals surface area contributed by atoms with E-state index in [4.69, 9.17) is 22.1 Å². The summed E-state index contributed by atoms with van der Waals surface area (Å²) in [4.78, 5) is 37.8. The maximum atomic E-state index is 11.7. The first kappa shape index (κ1) is 16.5. The Morgan fingerprint density at radius 2 is 2.17 bits per heavy atom. The molecule has 0 spiro atoms. The van der Waals surface area contributed by atoms with Crippen LogP contribution in [0, 0.1) is 0 Å². The number of esters is 1. The van der Waals surface area contributed by atoms with Gasteiger partial charge in [-0.25, -0.2) is 14.6 Å². The molecule has 0 saturated carbocycles. The molecule has 0 aliphatic rings. The lowest BCUT2D eigenvalue weighted by Crippen LogP contribution is -2.42. The van der Waals surface area contributed by atoms with Crippen LogP contribution >= 0.6 is 11.6 Å². The number of carbonyl (C=O) groups is 3. The number of pyridine rings is 1. The SMILES string of the molecule is C[C@H](OC(=O)/C=C/c1c(Cl)nc2ccccn12)C(=O)NC(N)=O. The third-order valence-electron chi connectivity index (χ3n) is 2.81. The molecule has 2 aromatic heterocycles. The first-order valence-corrected chi connectivity index (χ1v) is 6.88. The predicted octanol–water partition coefficient (Wildman–Crippen LogP) is 1.13. The minimum absolute atomic E-state index is 0.222. The highest BCUT2D eigenvalue weighted by molar-refractivity contribution is 6.31. The number of amides is 3. The van der Waals surface area contributed by atoms with Gasteiger partial charge in [-0.3, -0.25) is 14.5 Å². The Balaban J connectivity index is 2.07. The van der Waals surface area contributed by atoms with Gasteiger partial charge in [-0.2, -0.15) is 0 Å². The maximum Gasteiger partial charge on any atom is 0.331 e. The number of halogens is 1. The minimum Gasteiger partial charge on any atom is -0.449 e. The Morgan fingerprint density at radius 1 is 1.43 bits per heavy atom. The van der Waals surface area contributed by atoms with E-state index in [9.17, 15) is 14.4 Å². The number of imide groups is 1. The molecular formula is C14H13ClN4O4. The van der Waals surface area contributed by atoms with Gasteiger partial charge in [-0.05, 0) is 25.1 Å². The van der Waals surface area contributed by atoms with Crippen LogP contribution < -0.4 is 11.1 Å². The van der Waals surface area contributed by atoms with Crippen LogP contribution in [0.3, 0.4) is 0 Å². The minimum atomic E-state index is -1.17. The number of rotatable bonds is 4. The normalized spacial score (nSPS) is 12.3. The molecule has 23 heavy (non-hydrogen) atoms. The highest BCUT2D eigenvalue weighted by atomic mass is 35.5. The third-order valence-corrected chi connectivity index (χ3v) is 3.09. The Labute approximate surface area is 135 Å². The molecule has 2 aromatic rings. The fourth-order valence-electron chi connectivity index (χ4n) is 1.77. The zero-order chi connectivity index (χ0) is 17.0. The van der Waals surface area contributed by atoms with Crippen molar-refractivity contribution in [3.63, 3.8) is 0 Å². The Hall–Kier alpha value is -2.87. The van der Waals surface area contributed by atoms with Crippen LogP contribution in [0.15, 0.2) is 30.5 Å². The van der Waals surface area contributed by atoms with Crippen LogP contribution in [0.25, 0.3) is 11.7 Å². The van der Waals surface area contributed by atoms with E-state index in [1.165, 1.54) is 13.0 Å². The summed E-state index contributed by atoms with van der Waals surface area (Å²) < 4.78 is 6.53. The van der Waals surface area contributed by atoms with E-state index in [2.05, 4.69) is 4.98 Å². The van der Waals surface area contributed by atoms with Crippen molar-refractivity contribution in [2.24, 2.45) is 5.73 Å². The zero-order valence-electron chi connectivity index (χ0n) is 12.0. The van der Waals surface area contributed by atoms with Gasteiger partial charge in [0.1, 0.15) is 5.65 Å². The molecule has 2 heterocycles. The number of primary amides is 1. The summed E-state index contributed by atoms with van der Waals surface area (Å²) in [5, 5.41) is 2.04. The monoisotopic (exact) mass is 336 g/mol. The molecule has 8 nitrogen and oxygen atoms in total. The van der Waals surface area contributed by atoms with Crippen LogP contribution in [-0.2, 0) is 14.3 Å². The van der Waals surface area contributed by atoms with E-state index >= 15 is 0 Å². The summed E-state index contributed by atoms with van der Waals surface area (Å²) in [6.45, 7) is 1.31. The van der Waals surface area contributed by atoms with Gasteiger partial charge < -0.3 is 10.5 Å². The second-order valence-corrected chi connectivity index (χ2v) is 4.84. The van der Waals surface area contributed by atoms with Gasteiger partial charge in [0.15, 0.2) is 11.3 Å². The van der Waals surface area contributed by atoms with E-state index in [0.717, 1.165) is 6.08 Å². The van der Waals surface area contributed by atoms with Crippen molar-refractivity contribution in [1.29, 1.82) is 0 Å². The van der Waals surface area contributed by atoms with Gasteiger partial charge in [-0.15, -0.1) is 0 Å². The number of imidazole rings is 1. The Morgan fingerprint density at radius 3 is 2.87 bits per heavy atom.